The van der Waals surface area contributed by atoms with E-state index in [1.165, 1.54) is 16.2 Å². The fourth-order valence-electron chi connectivity index (χ4n) is 1.78. The van der Waals surface area contributed by atoms with Gasteiger partial charge in [0.15, 0.2) is 5.75 Å². The molecule has 1 saturated carbocycles. The molecule has 0 bridgehead atoms. The predicted molar refractivity (Wildman–Crippen MR) is 74.5 cm³/mol. The largest absolute Gasteiger partial charge is 0.492 e. The molecule has 2 rings (SSSR count). The van der Waals surface area contributed by atoms with Gasteiger partial charge in [-0.15, -0.1) is 11.3 Å². The van der Waals surface area contributed by atoms with Crippen molar-refractivity contribution in [2.24, 2.45) is 5.92 Å². The zero-order chi connectivity index (χ0) is 13.4. The molecule has 1 amide bonds. The average Bonchev–Trinajstić information content (AvgIpc) is 2.90. The number of nitrogens with zero attached hydrogens (tertiary/aromatic N) is 1. The number of ether oxygens (including phenoxy) is 1. The molecule has 1 fully saturated rings. The Hall–Kier alpha value is -1.43. The molecule has 2 atom stereocenters. The molecule has 0 aromatic carbocycles. The van der Waals surface area contributed by atoms with Crippen LogP contribution in [-0.2, 0) is 0 Å². The second-order valence-electron chi connectivity index (χ2n) is 4.87. The Morgan fingerprint density at radius 3 is 2.61 bits per heavy atom. The standard InChI is InChI=1S/C12H19N3O2S/c1-6-5-7(6)14-11-9(17-4)8(13)10(18-11)12(16)15(2)3/h6-7,14H,5,13H2,1-4H3. The number of rotatable bonds is 4. The third-order valence-electron chi connectivity index (χ3n) is 3.13. The summed E-state index contributed by atoms with van der Waals surface area (Å²) in [6, 6.07) is 0.472. The van der Waals surface area contributed by atoms with E-state index in [9.17, 15) is 4.79 Å². The van der Waals surface area contributed by atoms with Gasteiger partial charge in [0.05, 0.1) is 7.11 Å². The molecule has 1 aromatic rings. The summed E-state index contributed by atoms with van der Waals surface area (Å²) in [4.78, 5) is 14.0. The monoisotopic (exact) mass is 269 g/mol. The number of nitrogen functional groups attached to an aromatic ring is 1. The summed E-state index contributed by atoms with van der Waals surface area (Å²) in [6.45, 7) is 2.19. The number of methoxy groups -OCH3 is 1. The molecule has 6 heteroatoms. The van der Waals surface area contributed by atoms with E-state index in [4.69, 9.17) is 10.5 Å². The highest BCUT2D eigenvalue weighted by Gasteiger charge is 2.34. The van der Waals surface area contributed by atoms with Crippen LogP contribution in [0, 0.1) is 5.92 Å². The topological polar surface area (TPSA) is 67.6 Å². The molecule has 2 unspecified atom stereocenters. The van der Waals surface area contributed by atoms with Gasteiger partial charge in [-0.1, -0.05) is 6.92 Å². The van der Waals surface area contributed by atoms with Crippen molar-refractivity contribution in [2.75, 3.05) is 32.3 Å². The first-order valence-corrected chi connectivity index (χ1v) is 6.71. The summed E-state index contributed by atoms with van der Waals surface area (Å²) in [5.41, 5.74) is 6.41. The van der Waals surface area contributed by atoms with E-state index in [1.807, 2.05) is 0 Å². The average molecular weight is 269 g/mol. The normalized spacial score (nSPS) is 21.6. The van der Waals surface area contributed by atoms with Crippen LogP contribution < -0.4 is 15.8 Å². The molecular weight excluding hydrogens is 250 g/mol. The summed E-state index contributed by atoms with van der Waals surface area (Å²) in [5.74, 6) is 1.17. The Bertz CT molecular complexity index is 470. The van der Waals surface area contributed by atoms with Gasteiger partial charge in [0.25, 0.3) is 5.91 Å². The highest BCUT2D eigenvalue weighted by molar-refractivity contribution is 7.19. The van der Waals surface area contributed by atoms with Gasteiger partial charge in [0.1, 0.15) is 15.6 Å². The summed E-state index contributed by atoms with van der Waals surface area (Å²) in [7, 11) is 5.00. The molecular formula is C12H19N3O2S. The fourth-order valence-corrected chi connectivity index (χ4v) is 2.95. The maximum atomic E-state index is 12.0. The van der Waals surface area contributed by atoms with Crippen molar-refractivity contribution < 1.29 is 9.53 Å². The van der Waals surface area contributed by atoms with Crippen molar-refractivity contribution in [3.8, 4) is 5.75 Å². The molecule has 18 heavy (non-hydrogen) atoms. The van der Waals surface area contributed by atoms with Crippen molar-refractivity contribution in [1.29, 1.82) is 0 Å². The summed E-state index contributed by atoms with van der Waals surface area (Å²) >= 11 is 1.37. The first-order chi connectivity index (χ1) is 8.45. The minimum Gasteiger partial charge on any atom is -0.492 e. The number of amides is 1. The van der Waals surface area contributed by atoms with Crippen LogP contribution in [0.2, 0.25) is 0 Å². The van der Waals surface area contributed by atoms with Crippen LogP contribution in [0.5, 0.6) is 5.75 Å². The minimum atomic E-state index is -0.0901. The highest BCUT2D eigenvalue weighted by Crippen LogP contribution is 2.45. The Morgan fingerprint density at radius 2 is 2.17 bits per heavy atom. The predicted octanol–water partition coefficient (Wildman–Crippen LogP) is 1.86. The van der Waals surface area contributed by atoms with E-state index >= 15 is 0 Å². The third kappa shape index (κ3) is 2.25. The molecule has 1 aliphatic rings. The molecule has 0 radical (unpaired) electrons. The summed E-state index contributed by atoms with van der Waals surface area (Å²) < 4.78 is 5.30. The van der Waals surface area contributed by atoms with Crippen molar-refractivity contribution >= 4 is 27.9 Å². The molecule has 0 saturated heterocycles. The Kier molecular flexibility index (Phi) is 3.38. The lowest BCUT2D eigenvalue weighted by atomic mass is 10.3. The summed E-state index contributed by atoms with van der Waals surface area (Å²) in [6.07, 6.45) is 1.15. The Balaban J connectivity index is 2.29. The highest BCUT2D eigenvalue weighted by atomic mass is 32.1. The second-order valence-corrected chi connectivity index (χ2v) is 5.89. The SMILES string of the molecule is COc1c(NC2CC2C)sc(C(=O)N(C)C)c1N. The maximum absolute atomic E-state index is 12.0. The van der Waals surface area contributed by atoms with Crippen LogP contribution in [0.25, 0.3) is 0 Å². The van der Waals surface area contributed by atoms with Crippen LogP contribution in [0.3, 0.4) is 0 Å². The lowest BCUT2D eigenvalue weighted by molar-refractivity contribution is 0.0833. The number of carbonyl (C=O) groups excluding carboxylic acids is 1. The van der Waals surface area contributed by atoms with E-state index in [1.54, 1.807) is 21.2 Å². The molecule has 1 heterocycles. The lowest BCUT2D eigenvalue weighted by Gasteiger charge is -2.08. The van der Waals surface area contributed by atoms with Gasteiger partial charge in [-0.2, -0.15) is 0 Å². The van der Waals surface area contributed by atoms with Crippen LogP contribution in [-0.4, -0.2) is 38.1 Å². The number of thiophene rings is 1. The van der Waals surface area contributed by atoms with Crippen molar-refractivity contribution in [3.63, 3.8) is 0 Å². The maximum Gasteiger partial charge on any atom is 0.265 e. The van der Waals surface area contributed by atoms with Gasteiger partial charge in [-0.25, -0.2) is 0 Å². The number of nitrogens with two attached hydrogens (primary N) is 1. The van der Waals surface area contributed by atoms with Crippen molar-refractivity contribution in [3.05, 3.63) is 4.88 Å². The molecule has 0 aliphatic heterocycles. The second kappa shape index (κ2) is 4.68. The van der Waals surface area contributed by atoms with Crippen LogP contribution in [0.1, 0.15) is 23.0 Å². The number of carbonyl (C=O) groups is 1. The number of hydrogen-bond donors (Lipinski definition) is 2. The lowest BCUT2D eigenvalue weighted by Crippen LogP contribution is -2.21. The van der Waals surface area contributed by atoms with Crippen molar-refractivity contribution in [1.82, 2.24) is 4.90 Å². The fraction of sp³-hybridized carbons (Fsp3) is 0.583. The molecule has 3 N–H and O–H groups in total. The first-order valence-electron chi connectivity index (χ1n) is 5.90. The van der Waals surface area contributed by atoms with Crippen LogP contribution in [0.4, 0.5) is 10.7 Å². The van der Waals surface area contributed by atoms with Gasteiger partial charge in [-0.05, 0) is 12.3 Å². The van der Waals surface area contributed by atoms with Crippen molar-refractivity contribution in [2.45, 2.75) is 19.4 Å². The van der Waals surface area contributed by atoms with Gasteiger partial charge in [-0.3, -0.25) is 4.79 Å². The molecule has 100 valence electrons. The summed E-state index contributed by atoms with van der Waals surface area (Å²) in [5, 5.41) is 4.24. The zero-order valence-corrected chi connectivity index (χ0v) is 11.9. The molecule has 1 aromatic heterocycles. The van der Waals surface area contributed by atoms with E-state index in [-0.39, 0.29) is 5.91 Å². The number of nitrogens with one attached hydrogen (secondary N) is 1. The molecule has 1 aliphatic carbocycles. The quantitative estimate of drug-likeness (QED) is 0.875. The van der Waals surface area contributed by atoms with E-state index in [0.717, 1.165) is 11.4 Å². The Labute approximate surface area is 111 Å². The van der Waals surface area contributed by atoms with E-state index in [0.29, 0.717) is 28.3 Å². The third-order valence-corrected chi connectivity index (χ3v) is 4.24. The first kappa shape index (κ1) is 13.0. The minimum absolute atomic E-state index is 0.0901. The van der Waals surface area contributed by atoms with Crippen LogP contribution >= 0.6 is 11.3 Å². The number of anilines is 2. The molecule has 0 spiro atoms. The smallest absolute Gasteiger partial charge is 0.265 e. The van der Waals surface area contributed by atoms with Gasteiger partial charge in [0, 0.05) is 20.1 Å². The number of hydrogen-bond acceptors (Lipinski definition) is 5. The van der Waals surface area contributed by atoms with Gasteiger partial charge in [0.2, 0.25) is 0 Å². The van der Waals surface area contributed by atoms with E-state index in [2.05, 4.69) is 12.2 Å². The zero-order valence-electron chi connectivity index (χ0n) is 11.1. The van der Waals surface area contributed by atoms with E-state index < -0.39 is 0 Å². The molecule has 5 nitrogen and oxygen atoms in total. The van der Waals surface area contributed by atoms with Crippen LogP contribution in [0.15, 0.2) is 0 Å². The van der Waals surface area contributed by atoms with Gasteiger partial charge < -0.3 is 20.7 Å². The van der Waals surface area contributed by atoms with Gasteiger partial charge >= 0.3 is 0 Å². The Morgan fingerprint density at radius 1 is 1.56 bits per heavy atom.